The summed E-state index contributed by atoms with van der Waals surface area (Å²) in [7, 11) is -1.70. The Balaban J connectivity index is 0.00000225. The van der Waals surface area contributed by atoms with Crippen molar-refractivity contribution in [2.24, 2.45) is 0 Å². The zero-order valence-corrected chi connectivity index (χ0v) is 20.1. The van der Waals surface area contributed by atoms with Crippen LogP contribution in [0, 0.1) is 0 Å². The molecule has 0 aliphatic carbocycles. The number of halogens is 2. The van der Waals surface area contributed by atoms with Crippen LogP contribution in [0.25, 0.3) is 0 Å². The Hall–Kier alpha value is -1.31. The number of methoxy groups -OCH3 is 1. The Labute approximate surface area is 192 Å². The van der Waals surface area contributed by atoms with Crippen molar-refractivity contribution in [3.05, 3.63) is 59.7 Å². The van der Waals surface area contributed by atoms with Gasteiger partial charge < -0.3 is 15.4 Å². The van der Waals surface area contributed by atoms with Crippen LogP contribution in [-0.2, 0) is 16.4 Å². The van der Waals surface area contributed by atoms with Gasteiger partial charge >= 0.3 is 0 Å². The number of piperidine rings is 1. The van der Waals surface area contributed by atoms with Crippen molar-refractivity contribution >= 4 is 34.7 Å². The average molecular weight is 475 g/mol. The zero-order valence-electron chi connectivity index (χ0n) is 17.6. The highest BCUT2D eigenvalue weighted by atomic mass is 35.5. The van der Waals surface area contributed by atoms with E-state index in [9.17, 15) is 8.42 Å². The molecule has 1 aliphatic heterocycles. The molecule has 2 unspecified atom stereocenters. The second-order valence-electron chi connectivity index (χ2n) is 7.54. The van der Waals surface area contributed by atoms with E-state index in [0.29, 0.717) is 17.2 Å². The lowest BCUT2D eigenvalue weighted by atomic mass is 9.92. The summed E-state index contributed by atoms with van der Waals surface area (Å²) in [5.41, 5.74) is 2.13. The number of sulfone groups is 1. The summed E-state index contributed by atoms with van der Waals surface area (Å²) in [6.45, 7) is 4.97. The summed E-state index contributed by atoms with van der Waals surface area (Å²) in [4.78, 5) is 0.349. The predicted molar refractivity (Wildman–Crippen MR) is 127 cm³/mol. The summed E-state index contributed by atoms with van der Waals surface area (Å²) in [5, 5.41) is 6.79. The normalized spacial score (nSPS) is 18.9. The van der Waals surface area contributed by atoms with Gasteiger partial charge in [-0.05, 0) is 57.0 Å². The lowest BCUT2D eigenvalue weighted by Gasteiger charge is -2.34. The highest BCUT2D eigenvalue weighted by Crippen LogP contribution is 2.27. The van der Waals surface area contributed by atoms with Crippen LogP contribution in [0.2, 0.25) is 0 Å². The largest absolute Gasteiger partial charge is 0.496 e. The Morgan fingerprint density at radius 3 is 2.47 bits per heavy atom. The molecule has 2 atom stereocenters. The summed E-state index contributed by atoms with van der Waals surface area (Å²) in [6.07, 6.45) is 2.18. The first-order valence-corrected chi connectivity index (χ1v) is 11.4. The second kappa shape index (κ2) is 11.9. The maximum Gasteiger partial charge on any atom is 0.180 e. The molecule has 1 heterocycles. The maximum atomic E-state index is 12.6. The minimum Gasteiger partial charge on any atom is -0.496 e. The summed E-state index contributed by atoms with van der Waals surface area (Å²) < 4.78 is 30.6. The number of rotatable bonds is 7. The second-order valence-corrected chi connectivity index (χ2v) is 10.0. The highest BCUT2D eigenvalue weighted by molar-refractivity contribution is 7.92. The molecule has 0 saturated carbocycles. The number of nitrogens with one attached hydrogen (secondary N) is 2. The lowest BCUT2D eigenvalue weighted by molar-refractivity contribution is 0.302. The van der Waals surface area contributed by atoms with Crippen LogP contribution in [0.5, 0.6) is 5.75 Å². The fourth-order valence-corrected chi connectivity index (χ4v) is 4.81. The van der Waals surface area contributed by atoms with Crippen LogP contribution in [0.15, 0.2) is 53.4 Å². The van der Waals surface area contributed by atoms with E-state index in [2.05, 4.69) is 34.9 Å². The predicted octanol–water partition coefficient (Wildman–Crippen LogP) is 4.30. The minimum atomic E-state index is -3.32. The fraction of sp³-hybridized carbons (Fsp3) is 0.455. The number of hydrogen-bond acceptors (Lipinski definition) is 5. The van der Waals surface area contributed by atoms with Gasteiger partial charge in [-0.15, -0.1) is 24.8 Å². The molecule has 0 spiro atoms. The number of hydrogen-bond donors (Lipinski definition) is 2. The van der Waals surface area contributed by atoms with E-state index >= 15 is 0 Å². The molecule has 1 saturated heterocycles. The third-order valence-electron chi connectivity index (χ3n) is 5.37. The molecule has 0 radical (unpaired) electrons. The van der Waals surface area contributed by atoms with Crippen molar-refractivity contribution < 1.29 is 13.2 Å². The molecule has 0 bridgehead atoms. The summed E-state index contributed by atoms with van der Waals surface area (Å²) in [5.74, 6) is 0.704. The Bertz CT molecular complexity index is 893. The van der Waals surface area contributed by atoms with Crippen LogP contribution >= 0.6 is 24.8 Å². The smallest absolute Gasteiger partial charge is 0.180 e. The van der Waals surface area contributed by atoms with Gasteiger partial charge in [0.05, 0.1) is 17.3 Å². The summed E-state index contributed by atoms with van der Waals surface area (Å²) in [6, 6.07) is 16.1. The molecule has 2 aromatic carbocycles. The van der Waals surface area contributed by atoms with Gasteiger partial charge in [0, 0.05) is 24.2 Å². The van der Waals surface area contributed by atoms with Gasteiger partial charge in [-0.25, -0.2) is 8.42 Å². The van der Waals surface area contributed by atoms with Gasteiger partial charge in [-0.1, -0.05) is 30.3 Å². The van der Waals surface area contributed by atoms with Crippen LogP contribution in [0.1, 0.15) is 43.9 Å². The zero-order chi connectivity index (χ0) is 20.1. The van der Waals surface area contributed by atoms with Gasteiger partial charge in [-0.2, -0.15) is 0 Å². The van der Waals surface area contributed by atoms with E-state index in [1.165, 1.54) is 5.56 Å². The topological polar surface area (TPSA) is 67.4 Å². The van der Waals surface area contributed by atoms with Gasteiger partial charge in [-0.3, -0.25) is 0 Å². The van der Waals surface area contributed by atoms with E-state index in [0.717, 1.165) is 24.9 Å². The third-order valence-corrected chi connectivity index (χ3v) is 7.53. The van der Waals surface area contributed by atoms with Crippen molar-refractivity contribution in [2.75, 3.05) is 13.7 Å². The van der Waals surface area contributed by atoms with Crippen LogP contribution in [-0.4, -0.2) is 33.4 Å². The van der Waals surface area contributed by atoms with Crippen LogP contribution in [0.3, 0.4) is 0 Å². The lowest BCUT2D eigenvalue weighted by Crippen LogP contribution is -2.45. The van der Waals surface area contributed by atoms with Crippen molar-refractivity contribution in [1.29, 1.82) is 0 Å². The molecule has 8 heteroatoms. The van der Waals surface area contributed by atoms with Crippen molar-refractivity contribution in [2.45, 2.75) is 55.5 Å². The van der Waals surface area contributed by atoms with E-state index in [1.54, 1.807) is 39.2 Å². The first kappa shape index (κ1) is 26.7. The molecule has 1 aliphatic rings. The highest BCUT2D eigenvalue weighted by Gasteiger charge is 2.26. The van der Waals surface area contributed by atoms with Crippen LogP contribution < -0.4 is 15.4 Å². The maximum absolute atomic E-state index is 12.6. The van der Waals surface area contributed by atoms with Gasteiger partial charge in [0.25, 0.3) is 0 Å². The third kappa shape index (κ3) is 6.11. The van der Waals surface area contributed by atoms with Crippen LogP contribution in [0.4, 0.5) is 0 Å². The van der Waals surface area contributed by atoms with E-state index < -0.39 is 15.1 Å². The van der Waals surface area contributed by atoms with E-state index in [4.69, 9.17) is 4.74 Å². The number of benzene rings is 2. The monoisotopic (exact) mass is 474 g/mol. The molecule has 5 nitrogen and oxygen atoms in total. The Morgan fingerprint density at radius 1 is 1.13 bits per heavy atom. The average Bonchev–Trinajstić information content (AvgIpc) is 2.72. The molecule has 0 aromatic heterocycles. The van der Waals surface area contributed by atoms with Crippen molar-refractivity contribution in [3.8, 4) is 5.75 Å². The molecular weight excluding hydrogens is 443 g/mol. The fourth-order valence-electron chi connectivity index (χ4n) is 3.70. The molecule has 0 amide bonds. The Morgan fingerprint density at radius 2 is 1.83 bits per heavy atom. The Kier molecular flexibility index (Phi) is 10.6. The molecule has 2 N–H and O–H groups in total. The van der Waals surface area contributed by atoms with Crippen molar-refractivity contribution in [3.63, 3.8) is 0 Å². The molecule has 1 fully saturated rings. The molecule has 3 rings (SSSR count). The molecule has 2 aromatic rings. The van der Waals surface area contributed by atoms with Gasteiger partial charge in [0.1, 0.15) is 5.75 Å². The van der Waals surface area contributed by atoms with Crippen molar-refractivity contribution in [1.82, 2.24) is 10.6 Å². The standard InChI is InChI=1S/C22H30N2O3S.2ClH/c1-16(2)28(25,26)19-11-12-21(27-3)18(14-19)15-24-20-10-7-13-23-22(20)17-8-5-4-6-9-17;;/h4-6,8-9,11-12,14,16,20,22-24H,7,10,13,15H2,1-3H3;2*1H. The summed E-state index contributed by atoms with van der Waals surface area (Å²) >= 11 is 0. The SMILES string of the molecule is COc1ccc(S(=O)(=O)C(C)C)cc1CNC1CCCNC1c1ccccc1.Cl.Cl. The van der Waals surface area contributed by atoms with Gasteiger partial charge in [0.15, 0.2) is 9.84 Å². The molecular formula is C22H32Cl2N2O3S. The first-order valence-electron chi connectivity index (χ1n) is 9.86. The first-order chi connectivity index (χ1) is 13.4. The van der Waals surface area contributed by atoms with Gasteiger partial charge in [0.2, 0.25) is 0 Å². The minimum absolute atomic E-state index is 0. The number of ether oxygens (including phenoxy) is 1. The quantitative estimate of drug-likeness (QED) is 0.625. The molecule has 30 heavy (non-hydrogen) atoms. The molecule has 168 valence electrons. The van der Waals surface area contributed by atoms with E-state index in [-0.39, 0.29) is 36.9 Å². The van der Waals surface area contributed by atoms with E-state index in [1.807, 2.05) is 6.07 Å².